The molecule has 0 aromatic heterocycles. The largest absolute Gasteiger partial charge is 0.493 e. The molecule has 2 heteroatoms. The van der Waals surface area contributed by atoms with E-state index in [2.05, 4.69) is 11.8 Å². The van der Waals surface area contributed by atoms with Gasteiger partial charge >= 0.3 is 0 Å². The van der Waals surface area contributed by atoms with Crippen LogP contribution in [0.3, 0.4) is 0 Å². The second kappa shape index (κ2) is 4.27. The summed E-state index contributed by atoms with van der Waals surface area (Å²) in [5.74, 6) is 8.47. The zero-order chi connectivity index (χ0) is 10.7. The fraction of sp³-hybridized carbons (Fsp3) is 0.385. The molecule has 15 heavy (non-hydrogen) atoms. The highest BCUT2D eigenvalue weighted by molar-refractivity contribution is 5.48. The van der Waals surface area contributed by atoms with Crippen LogP contribution in [0.2, 0.25) is 0 Å². The van der Waals surface area contributed by atoms with Gasteiger partial charge in [0.1, 0.15) is 0 Å². The first-order valence-electron chi connectivity index (χ1n) is 5.07. The quantitative estimate of drug-likeness (QED) is 0.686. The third-order valence-electron chi connectivity index (χ3n) is 2.38. The van der Waals surface area contributed by atoms with Gasteiger partial charge in [0.05, 0.1) is 14.2 Å². The molecule has 0 amide bonds. The maximum atomic E-state index is 5.21. The van der Waals surface area contributed by atoms with Gasteiger partial charge in [0.25, 0.3) is 0 Å². The van der Waals surface area contributed by atoms with Gasteiger partial charge in [-0.15, -0.1) is 0 Å². The van der Waals surface area contributed by atoms with Gasteiger partial charge in [0.2, 0.25) is 0 Å². The number of ether oxygens (including phenoxy) is 2. The summed E-state index contributed by atoms with van der Waals surface area (Å²) in [7, 11) is 3.27. The van der Waals surface area contributed by atoms with E-state index in [-0.39, 0.29) is 0 Å². The van der Waals surface area contributed by atoms with E-state index in [1.807, 2.05) is 18.2 Å². The number of methoxy groups -OCH3 is 2. The molecule has 0 atom stereocenters. The topological polar surface area (TPSA) is 18.5 Å². The molecule has 2 nitrogen and oxygen atoms in total. The van der Waals surface area contributed by atoms with E-state index in [1.165, 1.54) is 12.8 Å². The normalized spacial score (nSPS) is 14.0. The van der Waals surface area contributed by atoms with Crippen LogP contribution >= 0.6 is 0 Å². The molecule has 78 valence electrons. The highest BCUT2D eigenvalue weighted by Gasteiger charge is 2.17. The molecule has 0 spiro atoms. The molecule has 1 aliphatic carbocycles. The Morgan fingerprint density at radius 3 is 2.47 bits per heavy atom. The highest BCUT2D eigenvalue weighted by atomic mass is 16.5. The molecule has 0 heterocycles. The minimum Gasteiger partial charge on any atom is -0.493 e. The zero-order valence-electron chi connectivity index (χ0n) is 9.04. The van der Waals surface area contributed by atoms with E-state index in [1.54, 1.807) is 14.2 Å². The molecule has 2 rings (SSSR count). The number of hydrogen-bond acceptors (Lipinski definition) is 2. The SMILES string of the molecule is COc1ccc(C#CC2CC2)cc1OC. The molecule has 1 fully saturated rings. The average molecular weight is 202 g/mol. The van der Waals surface area contributed by atoms with Crippen molar-refractivity contribution in [2.24, 2.45) is 5.92 Å². The van der Waals surface area contributed by atoms with Crippen molar-refractivity contribution >= 4 is 0 Å². The van der Waals surface area contributed by atoms with Crippen LogP contribution in [0.5, 0.6) is 11.5 Å². The second-order valence-electron chi connectivity index (χ2n) is 3.61. The summed E-state index contributed by atoms with van der Waals surface area (Å²) >= 11 is 0. The molecular formula is C13H14O2. The molecule has 1 aromatic rings. The van der Waals surface area contributed by atoms with Crippen LogP contribution in [0.4, 0.5) is 0 Å². The van der Waals surface area contributed by atoms with E-state index < -0.39 is 0 Å². The summed E-state index contributed by atoms with van der Waals surface area (Å²) in [6.45, 7) is 0. The molecule has 1 aromatic carbocycles. The molecule has 0 aliphatic heterocycles. The number of rotatable bonds is 2. The predicted molar refractivity (Wildman–Crippen MR) is 59.1 cm³/mol. The maximum absolute atomic E-state index is 5.21. The summed E-state index contributed by atoms with van der Waals surface area (Å²) in [6, 6.07) is 5.75. The summed E-state index contributed by atoms with van der Waals surface area (Å²) in [6.07, 6.45) is 2.50. The van der Waals surface area contributed by atoms with Crippen molar-refractivity contribution < 1.29 is 9.47 Å². The van der Waals surface area contributed by atoms with E-state index in [0.29, 0.717) is 5.92 Å². The van der Waals surface area contributed by atoms with Crippen LogP contribution in [0.25, 0.3) is 0 Å². The van der Waals surface area contributed by atoms with Crippen LogP contribution < -0.4 is 9.47 Å². The van der Waals surface area contributed by atoms with E-state index in [9.17, 15) is 0 Å². The Bertz CT molecular complexity index is 408. The van der Waals surface area contributed by atoms with Gasteiger partial charge in [-0.3, -0.25) is 0 Å². The smallest absolute Gasteiger partial charge is 0.161 e. The molecule has 1 aliphatic rings. The summed E-state index contributed by atoms with van der Waals surface area (Å²) < 4.78 is 10.4. The molecule has 1 saturated carbocycles. The van der Waals surface area contributed by atoms with Gasteiger partial charge in [-0.2, -0.15) is 0 Å². The van der Waals surface area contributed by atoms with Crippen molar-refractivity contribution in [1.29, 1.82) is 0 Å². The van der Waals surface area contributed by atoms with Crippen molar-refractivity contribution in [2.75, 3.05) is 14.2 Å². The Labute approximate surface area is 90.2 Å². The first kappa shape index (κ1) is 9.92. The number of benzene rings is 1. The zero-order valence-corrected chi connectivity index (χ0v) is 9.04. The molecular weight excluding hydrogens is 188 g/mol. The lowest BCUT2D eigenvalue weighted by Crippen LogP contribution is -1.90. The van der Waals surface area contributed by atoms with Crippen LogP contribution in [-0.2, 0) is 0 Å². The molecule has 0 saturated heterocycles. The van der Waals surface area contributed by atoms with E-state index >= 15 is 0 Å². The fourth-order valence-electron chi connectivity index (χ4n) is 1.33. The Balaban J connectivity index is 2.22. The first-order valence-corrected chi connectivity index (χ1v) is 5.07. The third kappa shape index (κ3) is 2.44. The van der Waals surface area contributed by atoms with Gasteiger partial charge in [0.15, 0.2) is 11.5 Å². The van der Waals surface area contributed by atoms with Crippen molar-refractivity contribution in [3.8, 4) is 23.3 Å². The lowest BCUT2D eigenvalue weighted by atomic mass is 10.2. The van der Waals surface area contributed by atoms with E-state index in [4.69, 9.17) is 9.47 Å². The Kier molecular flexibility index (Phi) is 2.82. The summed E-state index contributed by atoms with van der Waals surface area (Å²) in [4.78, 5) is 0. The lowest BCUT2D eigenvalue weighted by molar-refractivity contribution is 0.355. The fourth-order valence-corrected chi connectivity index (χ4v) is 1.33. The maximum Gasteiger partial charge on any atom is 0.161 e. The van der Waals surface area contributed by atoms with Crippen molar-refractivity contribution in [1.82, 2.24) is 0 Å². The molecule has 0 N–H and O–H groups in total. The van der Waals surface area contributed by atoms with Crippen molar-refractivity contribution in [2.45, 2.75) is 12.8 Å². The minimum absolute atomic E-state index is 0.623. The molecule has 0 unspecified atom stereocenters. The lowest BCUT2D eigenvalue weighted by Gasteiger charge is -2.06. The first-order chi connectivity index (χ1) is 7.33. The summed E-state index contributed by atoms with van der Waals surface area (Å²) in [5, 5.41) is 0. The average Bonchev–Trinajstić information content (AvgIpc) is 3.09. The molecule has 0 radical (unpaired) electrons. The van der Waals surface area contributed by atoms with Gasteiger partial charge in [-0.1, -0.05) is 11.8 Å². The van der Waals surface area contributed by atoms with Gasteiger partial charge in [0, 0.05) is 11.5 Å². The second-order valence-corrected chi connectivity index (χ2v) is 3.61. The Morgan fingerprint density at radius 2 is 1.87 bits per heavy atom. The molecule has 0 bridgehead atoms. The van der Waals surface area contributed by atoms with Gasteiger partial charge < -0.3 is 9.47 Å². The van der Waals surface area contributed by atoms with Crippen LogP contribution in [0, 0.1) is 17.8 Å². The van der Waals surface area contributed by atoms with Crippen molar-refractivity contribution in [3.05, 3.63) is 23.8 Å². The monoisotopic (exact) mass is 202 g/mol. The van der Waals surface area contributed by atoms with Crippen molar-refractivity contribution in [3.63, 3.8) is 0 Å². The van der Waals surface area contributed by atoms with Crippen LogP contribution in [-0.4, -0.2) is 14.2 Å². The Morgan fingerprint density at radius 1 is 1.13 bits per heavy atom. The van der Waals surface area contributed by atoms with Crippen LogP contribution in [0.1, 0.15) is 18.4 Å². The van der Waals surface area contributed by atoms with Gasteiger partial charge in [-0.05, 0) is 31.0 Å². The standard InChI is InChI=1S/C13H14O2/c1-14-12-8-7-11(9-13(12)15-2)6-5-10-3-4-10/h7-10H,3-4H2,1-2H3. The van der Waals surface area contributed by atoms with Gasteiger partial charge in [-0.25, -0.2) is 0 Å². The Hall–Kier alpha value is -1.62. The summed E-state index contributed by atoms with van der Waals surface area (Å²) in [5.41, 5.74) is 0.986. The number of hydrogen-bond donors (Lipinski definition) is 0. The van der Waals surface area contributed by atoms with E-state index in [0.717, 1.165) is 17.1 Å². The third-order valence-corrected chi connectivity index (χ3v) is 2.38. The highest BCUT2D eigenvalue weighted by Crippen LogP contribution is 2.29. The predicted octanol–water partition coefficient (Wildman–Crippen LogP) is 2.47. The van der Waals surface area contributed by atoms with Crippen LogP contribution in [0.15, 0.2) is 18.2 Å². The minimum atomic E-state index is 0.623.